The molecule has 5 nitrogen and oxygen atoms in total. The molecule has 1 aliphatic heterocycles. The van der Waals surface area contributed by atoms with Crippen LogP contribution in [0.2, 0.25) is 0 Å². The molecule has 0 unspecified atom stereocenters. The van der Waals surface area contributed by atoms with E-state index in [1.165, 1.54) is 4.31 Å². The minimum atomic E-state index is -3.55. The molecule has 1 saturated heterocycles. The van der Waals surface area contributed by atoms with Crippen LogP contribution < -0.4 is 5.14 Å². The molecule has 1 aliphatic rings. The van der Waals surface area contributed by atoms with Crippen LogP contribution in [0.25, 0.3) is 0 Å². The predicted octanol–water partition coefficient (Wildman–Crippen LogP) is 0.860. The lowest BCUT2D eigenvalue weighted by Gasteiger charge is -2.33. The second kappa shape index (κ2) is 5.95. The van der Waals surface area contributed by atoms with Crippen molar-refractivity contribution in [3.8, 4) is 0 Å². The lowest BCUT2D eigenvalue weighted by molar-refractivity contribution is 0.0620. The van der Waals surface area contributed by atoms with Crippen molar-refractivity contribution >= 4 is 10.2 Å². The number of ether oxygens (including phenoxy) is 1. The van der Waals surface area contributed by atoms with Crippen molar-refractivity contribution in [2.24, 2.45) is 5.14 Å². The minimum absolute atomic E-state index is 0.0162. The molecule has 0 aromatic heterocycles. The molecule has 0 bridgehead atoms. The summed E-state index contributed by atoms with van der Waals surface area (Å²) in [6.07, 6.45) is 3.77. The third-order valence-electron chi connectivity index (χ3n) is 2.80. The summed E-state index contributed by atoms with van der Waals surface area (Å²) >= 11 is 0. The quantitative estimate of drug-likeness (QED) is 0.786. The van der Waals surface area contributed by atoms with Gasteiger partial charge < -0.3 is 4.74 Å². The predicted molar refractivity (Wildman–Crippen MR) is 63.2 cm³/mol. The van der Waals surface area contributed by atoms with Gasteiger partial charge in [0.25, 0.3) is 10.2 Å². The normalized spacial score (nSPS) is 23.9. The third-order valence-corrected chi connectivity index (χ3v) is 3.94. The molecule has 96 valence electrons. The number of rotatable bonds is 5. The third kappa shape index (κ3) is 4.37. The summed E-state index contributed by atoms with van der Waals surface area (Å²) in [6, 6.07) is 0.0162. The van der Waals surface area contributed by atoms with Crippen LogP contribution in [-0.2, 0) is 14.9 Å². The molecule has 1 rings (SSSR count). The van der Waals surface area contributed by atoms with Crippen molar-refractivity contribution in [3.63, 3.8) is 0 Å². The maximum Gasteiger partial charge on any atom is 0.277 e. The Bertz CT molecular complexity index is 303. The van der Waals surface area contributed by atoms with Crippen molar-refractivity contribution in [2.45, 2.75) is 51.7 Å². The zero-order valence-corrected chi connectivity index (χ0v) is 10.9. The van der Waals surface area contributed by atoms with Crippen molar-refractivity contribution in [1.29, 1.82) is 0 Å². The van der Waals surface area contributed by atoms with Crippen molar-refractivity contribution < 1.29 is 13.2 Å². The van der Waals surface area contributed by atoms with Crippen LogP contribution in [0.15, 0.2) is 0 Å². The van der Waals surface area contributed by atoms with Gasteiger partial charge in [-0.2, -0.15) is 12.7 Å². The second-order valence-electron chi connectivity index (χ2n) is 4.51. The summed E-state index contributed by atoms with van der Waals surface area (Å²) in [5.41, 5.74) is 0. The number of nitrogens with two attached hydrogens (primary N) is 1. The largest absolute Gasteiger partial charge is 0.379 e. The standard InChI is InChI=1S/C10H22N2O3S/c1-9(2)15-8-6-10-5-3-4-7-12(10)16(11,13)14/h9-10H,3-8H2,1-2H3,(H2,11,13,14)/t10-/m1/s1. The van der Waals surface area contributed by atoms with Crippen molar-refractivity contribution in [2.75, 3.05) is 13.2 Å². The first-order valence-corrected chi connectivity index (χ1v) is 7.32. The molecule has 6 heteroatoms. The number of hydrogen-bond donors (Lipinski definition) is 1. The van der Waals surface area contributed by atoms with Gasteiger partial charge in [0.2, 0.25) is 0 Å². The molecule has 0 spiro atoms. The topological polar surface area (TPSA) is 72.6 Å². The number of nitrogens with zero attached hydrogens (tertiary/aromatic N) is 1. The Morgan fingerprint density at radius 2 is 2.12 bits per heavy atom. The molecule has 1 heterocycles. The van der Waals surface area contributed by atoms with Crippen LogP contribution in [0.4, 0.5) is 0 Å². The van der Waals surface area contributed by atoms with E-state index in [4.69, 9.17) is 9.88 Å². The van der Waals surface area contributed by atoms with Crippen LogP contribution >= 0.6 is 0 Å². The highest BCUT2D eigenvalue weighted by atomic mass is 32.2. The van der Waals surface area contributed by atoms with Crippen LogP contribution in [0.1, 0.15) is 39.5 Å². The first kappa shape index (κ1) is 13.9. The van der Waals surface area contributed by atoms with Gasteiger partial charge in [0, 0.05) is 19.2 Å². The second-order valence-corrected chi connectivity index (χ2v) is 6.01. The molecule has 0 amide bonds. The van der Waals surface area contributed by atoms with Gasteiger partial charge in [0.1, 0.15) is 0 Å². The van der Waals surface area contributed by atoms with E-state index in [1.54, 1.807) is 0 Å². The first-order chi connectivity index (χ1) is 7.41. The van der Waals surface area contributed by atoms with Gasteiger partial charge in [0.05, 0.1) is 6.10 Å². The molecule has 1 fully saturated rings. The zero-order chi connectivity index (χ0) is 12.2. The fourth-order valence-electron chi connectivity index (χ4n) is 2.04. The van der Waals surface area contributed by atoms with Gasteiger partial charge >= 0.3 is 0 Å². The SMILES string of the molecule is CC(C)OCC[C@H]1CCCCN1S(N)(=O)=O. The lowest BCUT2D eigenvalue weighted by atomic mass is 10.0. The zero-order valence-electron chi connectivity index (χ0n) is 10.1. The van der Waals surface area contributed by atoms with E-state index < -0.39 is 10.2 Å². The summed E-state index contributed by atoms with van der Waals surface area (Å²) in [6.45, 7) is 5.08. The van der Waals surface area contributed by atoms with Gasteiger partial charge in [-0.05, 0) is 33.1 Å². The number of hydrogen-bond acceptors (Lipinski definition) is 3. The Morgan fingerprint density at radius 1 is 1.44 bits per heavy atom. The molecule has 2 N–H and O–H groups in total. The Labute approximate surface area is 98.1 Å². The van der Waals surface area contributed by atoms with Gasteiger partial charge in [-0.25, -0.2) is 5.14 Å². The molecule has 0 saturated carbocycles. The summed E-state index contributed by atoms with van der Waals surface area (Å²) in [5.74, 6) is 0. The van der Waals surface area contributed by atoms with E-state index in [0.29, 0.717) is 13.2 Å². The van der Waals surface area contributed by atoms with E-state index in [-0.39, 0.29) is 12.1 Å². The van der Waals surface area contributed by atoms with E-state index in [2.05, 4.69) is 0 Å². The average Bonchev–Trinajstić information content (AvgIpc) is 2.16. The molecule has 16 heavy (non-hydrogen) atoms. The van der Waals surface area contributed by atoms with Crippen LogP contribution in [0, 0.1) is 0 Å². The van der Waals surface area contributed by atoms with Gasteiger partial charge in [0.15, 0.2) is 0 Å². The van der Waals surface area contributed by atoms with E-state index in [0.717, 1.165) is 25.7 Å². The average molecular weight is 250 g/mol. The maximum atomic E-state index is 11.4. The molecule has 1 atom stereocenters. The molecule has 0 aliphatic carbocycles. The van der Waals surface area contributed by atoms with Gasteiger partial charge in [-0.3, -0.25) is 0 Å². The highest BCUT2D eigenvalue weighted by Gasteiger charge is 2.29. The summed E-state index contributed by atoms with van der Waals surface area (Å²) in [7, 11) is -3.55. The van der Waals surface area contributed by atoms with Crippen LogP contribution in [-0.4, -0.2) is 38.0 Å². The van der Waals surface area contributed by atoms with Crippen molar-refractivity contribution in [1.82, 2.24) is 4.31 Å². The number of piperidine rings is 1. The van der Waals surface area contributed by atoms with Crippen molar-refractivity contribution in [3.05, 3.63) is 0 Å². The summed E-state index contributed by atoms with van der Waals surface area (Å²) in [5, 5.41) is 5.19. The van der Waals surface area contributed by atoms with E-state index in [1.807, 2.05) is 13.8 Å². The summed E-state index contributed by atoms with van der Waals surface area (Å²) in [4.78, 5) is 0. The Kier molecular flexibility index (Phi) is 5.17. The Balaban J connectivity index is 2.48. The summed E-state index contributed by atoms with van der Waals surface area (Å²) < 4.78 is 29.6. The maximum absolute atomic E-state index is 11.4. The van der Waals surface area contributed by atoms with E-state index in [9.17, 15) is 8.42 Å². The Morgan fingerprint density at radius 3 is 2.69 bits per heavy atom. The van der Waals surface area contributed by atoms with Gasteiger partial charge in [-0.1, -0.05) is 6.42 Å². The molecule has 0 radical (unpaired) electrons. The molecular formula is C10H22N2O3S. The molecular weight excluding hydrogens is 228 g/mol. The highest BCUT2D eigenvalue weighted by Crippen LogP contribution is 2.21. The van der Waals surface area contributed by atoms with E-state index >= 15 is 0 Å². The fourth-order valence-corrected chi connectivity index (χ4v) is 3.05. The van der Waals surface area contributed by atoms with Gasteiger partial charge in [-0.15, -0.1) is 0 Å². The highest BCUT2D eigenvalue weighted by molar-refractivity contribution is 7.86. The smallest absolute Gasteiger partial charge is 0.277 e. The Hall–Kier alpha value is -0.170. The fraction of sp³-hybridized carbons (Fsp3) is 1.00. The monoisotopic (exact) mass is 250 g/mol. The van der Waals surface area contributed by atoms with Crippen LogP contribution in [0.5, 0.6) is 0 Å². The minimum Gasteiger partial charge on any atom is -0.379 e. The molecule has 0 aromatic rings. The molecule has 0 aromatic carbocycles. The first-order valence-electron chi connectivity index (χ1n) is 5.82. The lowest BCUT2D eigenvalue weighted by Crippen LogP contribution is -2.47. The van der Waals surface area contributed by atoms with Crippen LogP contribution in [0.3, 0.4) is 0 Å².